The van der Waals surface area contributed by atoms with Crippen molar-refractivity contribution in [2.24, 2.45) is 0 Å². The Balaban J connectivity index is 1.94. The zero-order valence-electron chi connectivity index (χ0n) is 11.5. The molecule has 3 rings (SSSR count). The van der Waals surface area contributed by atoms with Gasteiger partial charge >= 0.3 is 0 Å². The minimum absolute atomic E-state index is 0.523. The van der Waals surface area contributed by atoms with Crippen molar-refractivity contribution in [2.75, 3.05) is 5.73 Å². The van der Waals surface area contributed by atoms with Crippen LogP contribution in [0, 0.1) is 0 Å². The van der Waals surface area contributed by atoms with Crippen LogP contribution in [0.1, 0.15) is 11.1 Å². The zero-order chi connectivity index (χ0) is 14.5. The fourth-order valence-corrected chi connectivity index (χ4v) is 2.07. The maximum atomic E-state index is 5.95. The number of anilines is 1. The second-order valence-electron chi connectivity index (χ2n) is 4.68. The first-order chi connectivity index (χ1) is 10.3. The number of rotatable bonds is 3. The highest BCUT2D eigenvalue weighted by Crippen LogP contribution is 2.23. The number of pyridine rings is 2. The highest BCUT2D eigenvalue weighted by atomic mass is 14.8. The van der Waals surface area contributed by atoms with Crippen LogP contribution in [-0.2, 0) is 0 Å². The Labute approximate surface area is 123 Å². The van der Waals surface area contributed by atoms with Crippen LogP contribution in [0.2, 0.25) is 0 Å². The van der Waals surface area contributed by atoms with Crippen LogP contribution < -0.4 is 5.73 Å². The van der Waals surface area contributed by atoms with Gasteiger partial charge in [-0.15, -0.1) is 0 Å². The fraction of sp³-hybridized carbons (Fsp3) is 0. The Morgan fingerprint density at radius 3 is 2.48 bits per heavy atom. The molecule has 1 aromatic carbocycles. The van der Waals surface area contributed by atoms with Crippen LogP contribution in [0.5, 0.6) is 0 Å². The molecule has 0 aliphatic heterocycles. The lowest BCUT2D eigenvalue weighted by Crippen LogP contribution is -1.94. The first-order valence-electron chi connectivity index (χ1n) is 6.72. The molecule has 3 aromatic rings. The van der Waals surface area contributed by atoms with Gasteiger partial charge in [-0.05, 0) is 23.3 Å². The van der Waals surface area contributed by atoms with Gasteiger partial charge < -0.3 is 5.73 Å². The van der Waals surface area contributed by atoms with Gasteiger partial charge in [0, 0.05) is 29.7 Å². The molecule has 0 saturated heterocycles. The third-order valence-electron chi connectivity index (χ3n) is 3.20. The average Bonchev–Trinajstić information content (AvgIpc) is 2.56. The predicted molar refractivity (Wildman–Crippen MR) is 87.3 cm³/mol. The third-order valence-corrected chi connectivity index (χ3v) is 3.20. The molecular formula is C18H15N3. The van der Waals surface area contributed by atoms with E-state index in [9.17, 15) is 0 Å². The lowest BCUT2D eigenvalue weighted by molar-refractivity contribution is 1.32. The minimum atomic E-state index is 0.523. The molecule has 0 unspecified atom stereocenters. The van der Waals surface area contributed by atoms with Crippen LogP contribution in [-0.4, -0.2) is 9.97 Å². The van der Waals surface area contributed by atoms with E-state index in [0.29, 0.717) is 5.82 Å². The topological polar surface area (TPSA) is 51.8 Å². The monoisotopic (exact) mass is 273 g/mol. The first-order valence-corrected chi connectivity index (χ1v) is 6.72. The molecule has 0 aliphatic carbocycles. The largest absolute Gasteiger partial charge is 0.383 e. The van der Waals surface area contributed by atoms with E-state index in [1.807, 2.05) is 48.6 Å². The van der Waals surface area contributed by atoms with Gasteiger partial charge in [-0.3, -0.25) is 4.98 Å². The van der Waals surface area contributed by atoms with E-state index in [-0.39, 0.29) is 0 Å². The second kappa shape index (κ2) is 6.01. The molecule has 3 heteroatoms. The molecule has 0 radical (unpaired) electrons. The van der Waals surface area contributed by atoms with E-state index in [2.05, 4.69) is 22.1 Å². The van der Waals surface area contributed by atoms with Gasteiger partial charge in [0.1, 0.15) is 5.82 Å². The molecule has 2 heterocycles. The summed E-state index contributed by atoms with van der Waals surface area (Å²) in [5.74, 6) is 0.523. The fourth-order valence-electron chi connectivity index (χ4n) is 2.07. The summed E-state index contributed by atoms with van der Waals surface area (Å²) in [6.45, 7) is 0. The molecule has 0 atom stereocenters. The quantitative estimate of drug-likeness (QED) is 0.787. The van der Waals surface area contributed by atoms with Crippen molar-refractivity contribution in [1.82, 2.24) is 9.97 Å². The molecule has 0 aliphatic rings. The molecule has 0 amide bonds. The number of benzene rings is 1. The molecule has 2 N–H and O–H groups in total. The van der Waals surface area contributed by atoms with E-state index in [1.54, 1.807) is 18.6 Å². The summed E-state index contributed by atoms with van der Waals surface area (Å²) in [6, 6.07) is 16.1. The summed E-state index contributed by atoms with van der Waals surface area (Å²) >= 11 is 0. The molecule has 0 bridgehead atoms. The smallest absolute Gasteiger partial charge is 0.130 e. The van der Waals surface area contributed by atoms with Crippen molar-refractivity contribution in [3.05, 3.63) is 78.2 Å². The summed E-state index contributed by atoms with van der Waals surface area (Å²) in [4.78, 5) is 8.37. The Bertz CT molecular complexity index is 750. The van der Waals surface area contributed by atoms with Crippen LogP contribution in [0.15, 0.2) is 67.1 Å². The summed E-state index contributed by atoms with van der Waals surface area (Å²) in [5.41, 5.74) is 10.1. The average molecular weight is 273 g/mol. The van der Waals surface area contributed by atoms with E-state index < -0.39 is 0 Å². The van der Waals surface area contributed by atoms with Crippen molar-refractivity contribution in [2.45, 2.75) is 0 Å². The normalized spacial score (nSPS) is 10.9. The molecule has 0 spiro atoms. The molecule has 102 valence electrons. The van der Waals surface area contributed by atoms with Crippen molar-refractivity contribution in [1.29, 1.82) is 0 Å². The molecule has 2 aromatic heterocycles. The molecule has 21 heavy (non-hydrogen) atoms. The van der Waals surface area contributed by atoms with E-state index >= 15 is 0 Å². The van der Waals surface area contributed by atoms with Crippen LogP contribution >= 0.6 is 0 Å². The van der Waals surface area contributed by atoms with Gasteiger partial charge in [0.2, 0.25) is 0 Å². The molecular weight excluding hydrogens is 258 g/mol. The Hall–Kier alpha value is -2.94. The minimum Gasteiger partial charge on any atom is -0.383 e. The summed E-state index contributed by atoms with van der Waals surface area (Å²) in [5, 5.41) is 0. The lowest BCUT2D eigenvalue weighted by atomic mass is 10.1. The first kappa shape index (κ1) is 13.1. The SMILES string of the molecule is Nc1ncc(-c2ccccc2)cc1/C=C/c1cccnc1. The van der Waals surface area contributed by atoms with E-state index in [4.69, 9.17) is 5.73 Å². The zero-order valence-corrected chi connectivity index (χ0v) is 11.5. The number of nitrogen functional groups attached to an aromatic ring is 1. The Morgan fingerprint density at radius 1 is 0.857 bits per heavy atom. The summed E-state index contributed by atoms with van der Waals surface area (Å²) in [7, 11) is 0. The van der Waals surface area contributed by atoms with Crippen molar-refractivity contribution < 1.29 is 0 Å². The van der Waals surface area contributed by atoms with Gasteiger partial charge in [0.15, 0.2) is 0 Å². The Kier molecular flexibility index (Phi) is 3.74. The Morgan fingerprint density at radius 2 is 1.71 bits per heavy atom. The third kappa shape index (κ3) is 3.15. The van der Waals surface area contributed by atoms with Crippen molar-refractivity contribution in [3.63, 3.8) is 0 Å². The molecule has 0 saturated carbocycles. The van der Waals surface area contributed by atoms with E-state index in [0.717, 1.165) is 22.3 Å². The number of nitrogens with two attached hydrogens (primary N) is 1. The van der Waals surface area contributed by atoms with Crippen molar-refractivity contribution in [3.8, 4) is 11.1 Å². The highest BCUT2D eigenvalue weighted by molar-refractivity contribution is 5.77. The number of aromatic nitrogens is 2. The summed E-state index contributed by atoms with van der Waals surface area (Å²) < 4.78 is 0. The lowest BCUT2D eigenvalue weighted by Gasteiger charge is -2.05. The van der Waals surface area contributed by atoms with Gasteiger partial charge in [-0.2, -0.15) is 0 Å². The number of hydrogen-bond donors (Lipinski definition) is 1. The summed E-state index contributed by atoms with van der Waals surface area (Å²) in [6.07, 6.45) is 9.30. The van der Waals surface area contributed by atoms with Gasteiger partial charge in [-0.1, -0.05) is 48.6 Å². The van der Waals surface area contributed by atoms with Gasteiger partial charge in [-0.25, -0.2) is 4.98 Å². The number of hydrogen-bond acceptors (Lipinski definition) is 3. The van der Waals surface area contributed by atoms with Crippen LogP contribution in [0.25, 0.3) is 23.3 Å². The molecule has 0 fully saturated rings. The standard InChI is InChI=1S/C18H15N3/c19-18-16(9-8-14-5-4-10-20-12-14)11-17(13-21-18)15-6-2-1-3-7-15/h1-13H,(H2,19,21)/b9-8+. The number of nitrogens with zero attached hydrogens (tertiary/aromatic N) is 2. The highest BCUT2D eigenvalue weighted by Gasteiger charge is 2.02. The predicted octanol–water partition coefficient (Wildman–Crippen LogP) is 3.90. The molecule has 3 nitrogen and oxygen atoms in total. The maximum absolute atomic E-state index is 5.95. The van der Waals surface area contributed by atoms with Gasteiger partial charge in [0.05, 0.1) is 0 Å². The van der Waals surface area contributed by atoms with Crippen LogP contribution in [0.3, 0.4) is 0 Å². The van der Waals surface area contributed by atoms with E-state index in [1.165, 1.54) is 0 Å². The van der Waals surface area contributed by atoms with Crippen molar-refractivity contribution >= 4 is 18.0 Å². The maximum Gasteiger partial charge on any atom is 0.130 e. The van der Waals surface area contributed by atoms with Gasteiger partial charge in [0.25, 0.3) is 0 Å². The van der Waals surface area contributed by atoms with Crippen LogP contribution in [0.4, 0.5) is 5.82 Å². The second-order valence-corrected chi connectivity index (χ2v) is 4.68.